The first-order valence-corrected chi connectivity index (χ1v) is 6.46. The van der Waals surface area contributed by atoms with Crippen LogP contribution in [0.2, 0.25) is 5.02 Å². The highest BCUT2D eigenvalue weighted by Gasteiger charge is 2.07. The minimum Gasteiger partial charge on any atom is -0.491 e. The van der Waals surface area contributed by atoms with E-state index < -0.39 is 0 Å². The third-order valence-electron chi connectivity index (χ3n) is 2.30. The van der Waals surface area contributed by atoms with Crippen molar-refractivity contribution in [3.05, 3.63) is 51.2 Å². The van der Waals surface area contributed by atoms with Crippen molar-refractivity contribution >= 4 is 29.2 Å². The van der Waals surface area contributed by atoms with Gasteiger partial charge in [0.2, 0.25) is 0 Å². The SMILES string of the molecule is O=Cc1cccc(Cl)c1OCCc1cccs1. The Morgan fingerprint density at radius 3 is 2.88 bits per heavy atom. The minimum atomic E-state index is 0.473. The van der Waals surface area contributed by atoms with E-state index >= 15 is 0 Å². The Morgan fingerprint density at radius 2 is 2.18 bits per heavy atom. The quantitative estimate of drug-likeness (QED) is 0.769. The maximum absolute atomic E-state index is 10.8. The molecule has 0 aliphatic carbocycles. The smallest absolute Gasteiger partial charge is 0.153 e. The molecule has 0 spiro atoms. The van der Waals surface area contributed by atoms with Gasteiger partial charge in [-0.3, -0.25) is 4.79 Å². The molecule has 0 saturated heterocycles. The fourth-order valence-corrected chi connectivity index (χ4v) is 2.41. The van der Waals surface area contributed by atoms with Gasteiger partial charge >= 0.3 is 0 Å². The number of thiophene rings is 1. The van der Waals surface area contributed by atoms with Crippen molar-refractivity contribution in [1.29, 1.82) is 0 Å². The van der Waals surface area contributed by atoms with E-state index in [9.17, 15) is 4.79 Å². The van der Waals surface area contributed by atoms with Crippen molar-refractivity contribution in [2.45, 2.75) is 6.42 Å². The van der Waals surface area contributed by atoms with Gasteiger partial charge in [0.15, 0.2) is 6.29 Å². The van der Waals surface area contributed by atoms with Crippen LogP contribution in [0.5, 0.6) is 5.75 Å². The summed E-state index contributed by atoms with van der Waals surface area (Å²) in [5.74, 6) is 0.473. The van der Waals surface area contributed by atoms with Crippen molar-refractivity contribution in [2.75, 3.05) is 6.61 Å². The predicted octanol–water partition coefficient (Wildman–Crippen LogP) is 3.84. The lowest BCUT2D eigenvalue weighted by molar-refractivity contribution is 0.111. The second-order valence-corrected chi connectivity index (χ2v) is 4.89. The van der Waals surface area contributed by atoms with E-state index in [1.807, 2.05) is 11.4 Å². The molecular formula is C13H11ClO2S. The molecule has 0 aliphatic rings. The fraction of sp³-hybridized carbons (Fsp3) is 0.154. The van der Waals surface area contributed by atoms with Gasteiger partial charge in [0.05, 0.1) is 17.2 Å². The number of hydrogen-bond donors (Lipinski definition) is 0. The summed E-state index contributed by atoms with van der Waals surface area (Å²) in [5, 5.41) is 2.50. The topological polar surface area (TPSA) is 26.3 Å². The zero-order valence-electron chi connectivity index (χ0n) is 9.06. The number of halogens is 1. The van der Waals surface area contributed by atoms with Gasteiger partial charge < -0.3 is 4.74 Å². The zero-order chi connectivity index (χ0) is 12.1. The molecule has 1 aromatic carbocycles. The molecular weight excluding hydrogens is 256 g/mol. The molecule has 0 radical (unpaired) electrons. The third-order valence-corrected chi connectivity index (χ3v) is 3.53. The van der Waals surface area contributed by atoms with Crippen molar-refractivity contribution in [3.63, 3.8) is 0 Å². The summed E-state index contributed by atoms with van der Waals surface area (Å²) in [6.45, 7) is 0.519. The van der Waals surface area contributed by atoms with Crippen LogP contribution < -0.4 is 4.74 Å². The third kappa shape index (κ3) is 3.08. The molecule has 0 unspecified atom stereocenters. The van der Waals surface area contributed by atoms with Gasteiger partial charge in [-0.2, -0.15) is 0 Å². The summed E-state index contributed by atoms with van der Waals surface area (Å²) < 4.78 is 5.58. The molecule has 1 aromatic heterocycles. The van der Waals surface area contributed by atoms with Crippen LogP contribution in [0.25, 0.3) is 0 Å². The van der Waals surface area contributed by atoms with Crippen LogP contribution in [0, 0.1) is 0 Å². The van der Waals surface area contributed by atoms with Crippen LogP contribution in [0.4, 0.5) is 0 Å². The molecule has 2 rings (SSSR count). The predicted molar refractivity (Wildman–Crippen MR) is 70.4 cm³/mol. The summed E-state index contributed by atoms with van der Waals surface area (Å²) in [7, 11) is 0. The highest BCUT2D eigenvalue weighted by Crippen LogP contribution is 2.27. The molecule has 4 heteroatoms. The number of para-hydroxylation sites is 1. The largest absolute Gasteiger partial charge is 0.491 e. The Labute approximate surface area is 109 Å². The maximum Gasteiger partial charge on any atom is 0.153 e. The number of ether oxygens (including phenoxy) is 1. The molecule has 0 amide bonds. The molecule has 2 nitrogen and oxygen atoms in total. The van der Waals surface area contributed by atoms with E-state index in [2.05, 4.69) is 6.07 Å². The van der Waals surface area contributed by atoms with E-state index in [0.29, 0.717) is 22.9 Å². The van der Waals surface area contributed by atoms with Crippen LogP contribution in [0.1, 0.15) is 15.2 Å². The van der Waals surface area contributed by atoms with Gasteiger partial charge in [0.1, 0.15) is 5.75 Å². The van der Waals surface area contributed by atoms with Gasteiger partial charge in [0.25, 0.3) is 0 Å². The first kappa shape index (κ1) is 12.1. The second-order valence-electron chi connectivity index (χ2n) is 3.45. The van der Waals surface area contributed by atoms with E-state index in [1.54, 1.807) is 29.5 Å². The van der Waals surface area contributed by atoms with Gasteiger partial charge in [-0.15, -0.1) is 11.3 Å². The van der Waals surface area contributed by atoms with E-state index in [-0.39, 0.29) is 0 Å². The summed E-state index contributed by atoms with van der Waals surface area (Å²) in [6, 6.07) is 9.21. The molecule has 2 aromatic rings. The summed E-state index contributed by atoms with van der Waals surface area (Å²) in [4.78, 5) is 12.1. The second kappa shape index (κ2) is 5.84. The van der Waals surface area contributed by atoms with E-state index in [4.69, 9.17) is 16.3 Å². The van der Waals surface area contributed by atoms with Crippen molar-refractivity contribution in [2.24, 2.45) is 0 Å². The molecule has 88 valence electrons. The number of rotatable bonds is 5. The average molecular weight is 267 g/mol. The first-order chi connectivity index (χ1) is 8.31. The van der Waals surface area contributed by atoms with Crippen molar-refractivity contribution in [1.82, 2.24) is 0 Å². The van der Waals surface area contributed by atoms with Gasteiger partial charge in [-0.1, -0.05) is 23.7 Å². The van der Waals surface area contributed by atoms with Crippen LogP contribution in [-0.2, 0) is 6.42 Å². The minimum absolute atomic E-state index is 0.473. The normalized spacial score (nSPS) is 10.2. The molecule has 0 N–H and O–H groups in total. The first-order valence-electron chi connectivity index (χ1n) is 5.20. The highest BCUT2D eigenvalue weighted by molar-refractivity contribution is 7.09. The average Bonchev–Trinajstić information content (AvgIpc) is 2.84. The van der Waals surface area contributed by atoms with Crippen molar-refractivity contribution < 1.29 is 9.53 Å². The lowest BCUT2D eigenvalue weighted by Crippen LogP contribution is -2.02. The van der Waals surface area contributed by atoms with Crippen molar-refractivity contribution in [3.8, 4) is 5.75 Å². The summed E-state index contributed by atoms with van der Waals surface area (Å²) >= 11 is 7.68. The summed E-state index contributed by atoms with van der Waals surface area (Å²) in [6.07, 6.45) is 1.58. The molecule has 0 bridgehead atoms. The van der Waals surface area contributed by atoms with E-state index in [1.165, 1.54) is 4.88 Å². The zero-order valence-corrected chi connectivity index (χ0v) is 10.6. The number of hydrogen-bond acceptors (Lipinski definition) is 3. The molecule has 0 aliphatic heterocycles. The Kier molecular flexibility index (Phi) is 4.18. The fourth-order valence-electron chi connectivity index (χ4n) is 1.48. The summed E-state index contributed by atoms with van der Waals surface area (Å²) in [5.41, 5.74) is 0.490. The lowest BCUT2D eigenvalue weighted by atomic mass is 10.2. The highest BCUT2D eigenvalue weighted by atomic mass is 35.5. The number of carbonyl (C=O) groups excluding carboxylic acids is 1. The molecule has 0 atom stereocenters. The van der Waals surface area contributed by atoms with E-state index in [0.717, 1.165) is 12.7 Å². The maximum atomic E-state index is 10.8. The molecule has 1 heterocycles. The number of carbonyl (C=O) groups is 1. The molecule has 17 heavy (non-hydrogen) atoms. The Bertz CT molecular complexity index is 494. The van der Waals surface area contributed by atoms with Crippen LogP contribution in [0.3, 0.4) is 0 Å². The Hall–Kier alpha value is -1.32. The molecule has 0 fully saturated rings. The van der Waals surface area contributed by atoms with Gasteiger partial charge in [-0.05, 0) is 23.6 Å². The van der Waals surface area contributed by atoms with Gasteiger partial charge in [-0.25, -0.2) is 0 Å². The van der Waals surface area contributed by atoms with Gasteiger partial charge in [0, 0.05) is 11.3 Å². The lowest BCUT2D eigenvalue weighted by Gasteiger charge is -2.09. The molecule has 0 saturated carbocycles. The Balaban J connectivity index is 2.01. The van der Waals surface area contributed by atoms with Crippen LogP contribution in [0.15, 0.2) is 35.7 Å². The van der Waals surface area contributed by atoms with Crippen LogP contribution in [-0.4, -0.2) is 12.9 Å². The number of benzene rings is 1. The number of aldehydes is 1. The Morgan fingerprint density at radius 1 is 1.29 bits per heavy atom. The monoisotopic (exact) mass is 266 g/mol. The standard InChI is InChI=1S/C13H11ClO2S/c14-12-5-1-3-10(9-15)13(12)16-7-6-11-4-2-8-17-11/h1-5,8-9H,6-7H2. The van der Waals surface area contributed by atoms with Crippen LogP contribution >= 0.6 is 22.9 Å².